The molecule has 1 aliphatic carbocycles. The molecule has 2 aromatic heterocycles. The molecule has 0 bridgehead atoms. The first kappa shape index (κ1) is 17.2. The molecule has 2 heterocycles. The van der Waals surface area contributed by atoms with E-state index in [2.05, 4.69) is 23.2 Å². The van der Waals surface area contributed by atoms with Crippen LogP contribution in [-0.4, -0.2) is 23.1 Å². The maximum absolute atomic E-state index is 14.2. The summed E-state index contributed by atoms with van der Waals surface area (Å²) in [6.45, 7) is 0. The number of halogens is 1. The standard InChI is InChI=1S/C23H22FN3O/c1-28-21-9-6-13(10-17(21)24)11-20-23-22(15-4-2-3-5-18(15)27-23)16-12-14(25)7-8-19(16)26-20/h2-6,9-10,14,27H,7-8,11-12,25H2,1H3. The Bertz CT molecular complexity index is 1200. The molecule has 1 unspecified atom stereocenters. The number of H-pyrrole nitrogens is 1. The number of aromatic nitrogens is 2. The number of ether oxygens (including phenoxy) is 1. The lowest BCUT2D eigenvalue weighted by Gasteiger charge is -2.22. The van der Waals surface area contributed by atoms with Crippen molar-refractivity contribution in [2.45, 2.75) is 31.7 Å². The molecule has 1 aliphatic rings. The summed E-state index contributed by atoms with van der Waals surface area (Å²) >= 11 is 0. The van der Waals surface area contributed by atoms with Crippen molar-refractivity contribution in [3.8, 4) is 5.75 Å². The number of nitrogens with zero attached hydrogens (tertiary/aromatic N) is 1. The largest absolute Gasteiger partial charge is 0.494 e. The number of hydrogen-bond donors (Lipinski definition) is 2. The Hall–Kier alpha value is -2.92. The summed E-state index contributed by atoms with van der Waals surface area (Å²) in [6, 6.07) is 13.6. The van der Waals surface area contributed by atoms with Gasteiger partial charge in [0.1, 0.15) is 0 Å². The van der Waals surface area contributed by atoms with Crippen molar-refractivity contribution in [3.63, 3.8) is 0 Å². The smallest absolute Gasteiger partial charge is 0.165 e. The monoisotopic (exact) mass is 375 g/mol. The average molecular weight is 375 g/mol. The van der Waals surface area contributed by atoms with Crippen LogP contribution in [0.25, 0.3) is 21.8 Å². The number of nitrogens with two attached hydrogens (primary N) is 1. The predicted octanol–water partition coefficient (Wildman–Crippen LogP) is 4.27. The average Bonchev–Trinajstić information content (AvgIpc) is 3.09. The van der Waals surface area contributed by atoms with Gasteiger partial charge in [0.2, 0.25) is 0 Å². The highest BCUT2D eigenvalue weighted by Crippen LogP contribution is 2.35. The van der Waals surface area contributed by atoms with Gasteiger partial charge in [-0.2, -0.15) is 0 Å². The van der Waals surface area contributed by atoms with Crippen LogP contribution in [-0.2, 0) is 19.3 Å². The summed E-state index contributed by atoms with van der Waals surface area (Å²) < 4.78 is 19.2. The minimum Gasteiger partial charge on any atom is -0.494 e. The second-order valence-electron chi connectivity index (χ2n) is 7.55. The Morgan fingerprint density at radius 1 is 1.25 bits per heavy atom. The summed E-state index contributed by atoms with van der Waals surface area (Å²) in [5, 5.41) is 2.42. The van der Waals surface area contributed by atoms with E-state index in [0.717, 1.165) is 47.2 Å². The molecule has 0 aliphatic heterocycles. The van der Waals surface area contributed by atoms with E-state index in [0.29, 0.717) is 6.42 Å². The van der Waals surface area contributed by atoms with Crippen LogP contribution < -0.4 is 10.5 Å². The van der Waals surface area contributed by atoms with Crippen LogP contribution in [0.15, 0.2) is 42.5 Å². The number of pyridine rings is 1. The van der Waals surface area contributed by atoms with Crippen LogP contribution in [0.5, 0.6) is 5.75 Å². The summed E-state index contributed by atoms with van der Waals surface area (Å²) in [4.78, 5) is 8.55. The fraction of sp³-hybridized carbons (Fsp3) is 0.261. The molecule has 4 aromatic rings. The van der Waals surface area contributed by atoms with Gasteiger partial charge in [0.25, 0.3) is 0 Å². The van der Waals surface area contributed by atoms with Crippen molar-refractivity contribution in [3.05, 3.63) is 70.8 Å². The maximum Gasteiger partial charge on any atom is 0.165 e. The van der Waals surface area contributed by atoms with Crippen LogP contribution in [0.1, 0.15) is 28.9 Å². The third-order valence-electron chi connectivity index (χ3n) is 5.72. The third-order valence-corrected chi connectivity index (χ3v) is 5.72. The first-order chi connectivity index (χ1) is 13.6. The van der Waals surface area contributed by atoms with Gasteiger partial charge in [0.05, 0.1) is 18.3 Å². The highest BCUT2D eigenvalue weighted by Gasteiger charge is 2.23. The lowest BCUT2D eigenvalue weighted by molar-refractivity contribution is 0.386. The minimum absolute atomic E-state index is 0.174. The summed E-state index contributed by atoms with van der Waals surface area (Å²) in [5.41, 5.74) is 12.6. The Kier molecular flexibility index (Phi) is 4.05. The highest BCUT2D eigenvalue weighted by molar-refractivity contribution is 6.10. The van der Waals surface area contributed by atoms with Gasteiger partial charge >= 0.3 is 0 Å². The van der Waals surface area contributed by atoms with E-state index in [4.69, 9.17) is 15.5 Å². The number of para-hydroxylation sites is 1. The Morgan fingerprint density at radius 3 is 2.93 bits per heavy atom. The van der Waals surface area contributed by atoms with Gasteiger partial charge in [-0.05, 0) is 48.6 Å². The molecule has 4 nitrogen and oxygen atoms in total. The molecule has 2 aromatic carbocycles. The van der Waals surface area contributed by atoms with Crippen LogP contribution in [0.4, 0.5) is 4.39 Å². The summed E-state index contributed by atoms with van der Waals surface area (Å²) in [6.07, 6.45) is 3.24. The van der Waals surface area contributed by atoms with Crippen molar-refractivity contribution in [2.75, 3.05) is 7.11 Å². The Balaban J connectivity index is 1.71. The van der Waals surface area contributed by atoms with Crippen molar-refractivity contribution in [1.82, 2.24) is 9.97 Å². The van der Waals surface area contributed by atoms with Gasteiger partial charge in [0, 0.05) is 34.4 Å². The summed E-state index contributed by atoms with van der Waals surface area (Å²) in [5.74, 6) is -0.0938. The lowest BCUT2D eigenvalue weighted by Crippen LogP contribution is -2.28. The third kappa shape index (κ3) is 2.74. The van der Waals surface area contributed by atoms with Crippen LogP contribution in [0.3, 0.4) is 0 Å². The molecule has 5 rings (SSSR count). The second-order valence-corrected chi connectivity index (χ2v) is 7.55. The van der Waals surface area contributed by atoms with Gasteiger partial charge in [-0.15, -0.1) is 0 Å². The molecule has 1 atom stereocenters. The molecular formula is C23H22FN3O. The molecule has 0 radical (unpaired) electrons. The second kappa shape index (κ2) is 6.60. The molecule has 0 amide bonds. The summed E-state index contributed by atoms with van der Waals surface area (Å²) in [7, 11) is 1.47. The first-order valence-corrected chi connectivity index (χ1v) is 9.63. The molecule has 3 N–H and O–H groups in total. The Labute approximate surface area is 162 Å². The van der Waals surface area contributed by atoms with E-state index in [1.54, 1.807) is 6.07 Å². The SMILES string of the molecule is COc1ccc(Cc2nc3c(c4c2[nH]c2ccccc24)CC(N)CC3)cc1F. The predicted molar refractivity (Wildman–Crippen MR) is 109 cm³/mol. The minimum atomic E-state index is -0.350. The zero-order valence-corrected chi connectivity index (χ0v) is 15.8. The quantitative estimate of drug-likeness (QED) is 0.562. The number of methoxy groups -OCH3 is 1. The zero-order valence-electron chi connectivity index (χ0n) is 15.8. The molecule has 0 fully saturated rings. The van der Waals surface area contributed by atoms with Crippen molar-refractivity contribution >= 4 is 21.8 Å². The lowest BCUT2D eigenvalue weighted by atomic mass is 9.88. The highest BCUT2D eigenvalue weighted by atomic mass is 19.1. The molecule has 0 spiro atoms. The number of fused-ring (bicyclic) bond motifs is 5. The van der Waals surface area contributed by atoms with Crippen molar-refractivity contribution in [2.24, 2.45) is 5.73 Å². The zero-order chi connectivity index (χ0) is 19.3. The first-order valence-electron chi connectivity index (χ1n) is 9.63. The number of aromatic amines is 1. The molecule has 142 valence electrons. The fourth-order valence-electron chi connectivity index (χ4n) is 4.36. The maximum atomic E-state index is 14.2. The normalized spacial score (nSPS) is 16.5. The molecule has 0 saturated heterocycles. The van der Waals surface area contributed by atoms with Gasteiger partial charge in [-0.25, -0.2) is 4.39 Å². The number of rotatable bonds is 3. The van der Waals surface area contributed by atoms with E-state index in [-0.39, 0.29) is 17.6 Å². The Morgan fingerprint density at radius 2 is 2.11 bits per heavy atom. The van der Waals surface area contributed by atoms with Crippen LogP contribution in [0.2, 0.25) is 0 Å². The van der Waals surface area contributed by atoms with Gasteiger partial charge in [-0.1, -0.05) is 24.3 Å². The molecule has 28 heavy (non-hydrogen) atoms. The van der Waals surface area contributed by atoms with E-state index < -0.39 is 0 Å². The number of nitrogens with one attached hydrogen (secondary N) is 1. The van der Waals surface area contributed by atoms with Crippen molar-refractivity contribution in [1.29, 1.82) is 0 Å². The molecule has 5 heteroatoms. The van der Waals surface area contributed by atoms with Crippen LogP contribution >= 0.6 is 0 Å². The van der Waals surface area contributed by atoms with E-state index in [9.17, 15) is 4.39 Å². The number of benzene rings is 2. The van der Waals surface area contributed by atoms with Gasteiger partial charge in [-0.3, -0.25) is 4.98 Å². The topological polar surface area (TPSA) is 63.9 Å². The van der Waals surface area contributed by atoms with Crippen molar-refractivity contribution < 1.29 is 9.13 Å². The van der Waals surface area contributed by atoms with E-state index in [1.165, 1.54) is 29.5 Å². The molecule has 0 saturated carbocycles. The number of hydrogen-bond acceptors (Lipinski definition) is 3. The van der Waals surface area contributed by atoms with Gasteiger partial charge < -0.3 is 15.5 Å². The van der Waals surface area contributed by atoms with E-state index >= 15 is 0 Å². The van der Waals surface area contributed by atoms with Crippen LogP contribution in [0, 0.1) is 5.82 Å². The van der Waals surface area contributed by atoms with E-state index in [1.807, 2.05) is 12.1 Å². The number of aryl methyl sites for hydroxylation is 1. The van der Waals surface area contributed by atoms with Gasteiger partial charge in [0.15, 0.2) is 11.6 Å². The fourth-order valence-corrected chi connectivity index (χ4v) is 4.36. The molecular weight excluding hydrogens is 353 g/mol.